The van der Waals surface area contributed by atoms with E-state index >= 15 is 0 Å². The molecule has 1 aromatic carbocycles. The van der Waals surface area contributed by atoms with Gasteiger partial charge in [0.2, 0.25) is 5.75 Å². The van der Waals surface area contributed by atoms with Crippen LogP contribution < -0.4 is 14.2 Å². The highest BCUT2D eigenvalue weighted by Crippen LogP contribution is 2.43. The van der Waals surface area contributed by atoms with Gasteiger partial charge in [-0.1, -0.05) is 5.11 Å². The topological polar surface area (TPSA) is 130 Å². The molecule has 2 rings (SSSR count). The van der Waals surface area contributed by atoms with Crippen molar-refractivity contribution in [3.63, 3.8) is 0 Å². The van der Waals surface area contributed by atoms with Crippen LogP contribution in [0.25, 0.3) is 21.3 Å². The largest absolute Gasteiger partial charge is 0.493 e. The number of hydrogen-bond acceptors (Lipinski definition) is 5. The molecule has 0 atom stereocenters. The Morgan fingerprint density at radius 3 is 2.73 bits per heavy atom. The molecule has 0 radical (unpaired) electrons. The van der Waals surface area contributed by atoms with E-state index in [0.717, 1.165) is 0 Å². The van der Waals surface area contributed by atoms with Crippen LogP contribution in [-0.4, -0.2) is 43.4 Å². The second kappa shape index (κ2) is 6.59. The SMILES string of the molecule is COc1cc2cc(C(=O)O)[nH]c2c(OC)c1OCCN=[N+]=[N-]. The highest BCUT2D eigenvalue weighted by molar-refractivity contribution is 5.98. The van der Waals surface area contributed by atoms with Crippen LogP contribution in [0.15, 0.2) is 17.2 Å². The molecule has 0 fully saturated rings. The number of benzene rings is 1. The number of azide groups is 1. The molecule has 0 aliphatic carbocycles. The maximum Gasteiger partial charge on any atom is 0.352 e. The number of rotatable bonds is 7. The minimum Gasteiger partial charge on any atom is -0.493 e. The summed E-state index contributed by atoms with van der Waals surface area (Å²) in [4.78, 5) is 16.5. The van der Waals surface area contributed by atoms with E-state index in [1.807, 2.05) is 0 Å². The van der Waals surface area contributed by atoms with Gasteiger partial charge in [0.05, 0.1) is 32.9 Å². The average molecular weight is 306 g/mol. The molecule has 22 heavy (non-hydrogen) atoms. The lowest BCUT2D eigenvalue weighted by Crippen LogP contribution is -2.04. The predicted octanol–water partition coefficient (Wildman–Crippen LogP) is 2.57. The van der Waals surface area contributed by atoms with Crippen LogP contribution >= 0.6 is 0 Å². The number of fused-ring (bicyclic) bond motifs is 1. The van der Waals surface area contributed by atoms with Crippen molar-refractivity contribution < 1.29 is 24.1 Å². The van der Waals surface area contributed by atoms with E-state index in [2.05, 4.69) is 15.0 Å². The van der Waals surface area contributed by atoms with Crippen LogP contribution in [0.5, 0.6) is 17.2 Å². The van der Waals surface area contributed by atoms with Crippen molar-refractivity contribution in [2.75, 3.05) is 27.4 Å². The molecule has 2 aromatic rings. The Balaban J connectivity index is 2.51. The monoisotopic (exact) mass is 306 g/mol. The second-order valence-electron chi connectivity index (χ2n) is 4.20. The molecule has 0 aliphatic rings. The van der Waals surface area contributed by atoms with Gasteiger partial charge in [-0.25, -0.2) is 4.79 Å². The van der Waals surface area contributed by atoms with Crippen LogP contribution in [0.2, 0.25) is 0 Å². The van der Waals surface area contributed by atoms with Gasteiger partial charge < -0.3 is 24.3 Å². The Hall–Kier alpha value is -3.06. The zero-order valence-electron chi connectivity index (χ0n) is 12.0. The first-order valence-electron chi connectivity index (χ1n) is 6.27. The van der Waals surface area contributed by atoms with Crippen molar-refractivity contribution in [1.82, 2.24) is 4.98 Å². The first kappa shape index (κ1) is 15.3. The lowest BCUT2D eigenvalue weighted by Gasteiger charge is -2.14. The second-order valence-corrected chi connectivity index (χ2v) is 4.20. The highest BCUT2D eigenvalue weighted by atomic mass is 16.5. The molecule has 1 heterocycles. The Morgan fingerprint density at radius 2 is 2.14 bits per heavy atom. The number of aromatic amines is 1. The van der Waals surface area contributed by atoms with E-state index in [9.17, 15) is 4.79 Å². The zero-order chi connectivity index (χ0) is 16.1. The van der Waals surface area contributed by atoms with E-state index in [-0.39, 0.29) is 18.8 Å². The van der Waals surface area contributed by atoms with Crippen LogP contribution in [0.4, 0.5) is 0 Å². The molecule has 0 amide bonds. The third kappa shape index (κ3) is 2.84. The van der Waals surface area contributed by atoms with E-state index < -0.39 is 5.97 Å². The number of aromatic carboxylic acids is 1. The van der Waals surface area contributed by atoms with Crippen LogP contribution in [0.1, 0.15) is 10.5 Å². The fourth-order valence-electron chi connectivity index (χ4n) is 2.04. The molecule has 0 saturated heterocycles. The number of methoxy groups -OCH3 is 2. The summed E-state index contributed by atoms with van der Waals surface area (Å²) in [6.45, 7) is 0.279. The first-order chi connectivity index (χ1) is 10.6. The summed E-state index contributed by atoms with van der Waals surface area (Å²) in [6.07, 6.45) is 0. The van der Waals surface area contributed by atoms with Gasteiger partial charge in [-0.05, 0) is 17.7 Å². The van der Waals surface area contributed by atoms with Crippen molar-refractivity contribution in [3.8, 4) is 17.2 Å². The minimum atomic E-state index is -1.08. The molecular formula is C13H14N4O5. The van der Waals surface area contributed by atoms with Crippen molar-refractivity contribution >= 4 is 16.9 Å². The molecule has 0 spiro atoms. The molecule has 0 aliphatic heterocycles. The standard InChI is InChI=1S/C13H14N4O5/c1-20-9-6-7-5-8(13(18)19)16-10(7)12(21-2)11(9)22-4-3-15-17-14/h5-6,16H,3-4H2,1-2H3,(H,18,19). The summed E-state index contributed by atoms with van der Waals surface area (Å²) in [5.74, 6) is -0.0588. The Morgan fingerprint density at radius 1 is 1.36 bits per heavy atom. The summed E-state index contributed by atoms with van der Waals surface area (Å²) in [5.41, 5.74) is 8.77. The van der Waals surface area contributed by atoms with Gasteiger partial charge in [-0.2, -0.15) is 0 Å². The number of carbonyl (C=O) groups is 1. The van der Waals surface area contributed by atoms with Gasteiger partial charge in [0.25, 0.3) is 0 Å². The summed E-state index contributed by atoms with van der Waals surface area (Å²) in [7, 11) is 2.90. The maximum atomic E-state index is 11.1. The van der Waals surface area contributed by atoms with E-state index in [4.69, 9.17) is 24.8 Å². The van der Waals surface area contributed by atoms with Crippen LogP contribution in [0, 0.1) is 0 Å². The smallest absolute Gasteiger partial charge is 0.352 e. The van der Waals surface area contributed by atoms with E-state index in [1.165, 1.54) is 20.3 Å². The van der Waals surface area contributed by atoms with Gasteiger partial charge in [0.1, 0.15) is 5.69 Å². The predicted molar refractivity (Wildman–Crippen MR) is 77.9 cm³/mol. The quantitative estimate of drug-likeness (QED) is 0.351. The maximum absolute atomic E-state index is 11.1. The number of aromatic nitrogens is 1. The lowest BCUT2D eigenvalue weighted by atomic mass is 10.2. The Bertz CT molecular complexity index is 748. The fourth-order valence-corrected chi connectivity index (χ4v) is 2.04. The molecule has 0 unspecified atom stereocenters. The van der Waals surface area contributed by atoms with Crippen molar-refractivity contribution in [1.29, 1.82) is 0 Å². The van der Waals surface area contributed by atoms with Gasteiger partial charge in [0.15, 0.2) is 11.5 Å². The third-order valence-electron chi connectivity index (χ3n) is 2.95. The van der Waals surface area contributed by atoms with Gasteiger partial charge in [-0.3, -0.25) is 0 Å². The van der Waals surface area contributed by atoms with Gasteiger partial charge >= 0.3 is 5.97 Å². The van der Waals surface area contributed by atoms with E-state index in [0.29, 0.717) is 28.2 Å². The third-order valence-corrected chi connectivity index (χ3v) is 2.95. The number of hydrogen-bond donors (Lipinski definition) is 2. The summed E-state index contributed by atoms with van der Waals surface area (Å²) in [6, 6.07) is 3.12. The zero-order valence-corrected chi connectivity index (χ0v) is 12.0. The van der Waals surface area contributed by atoms with Crippen LogP contribution in [-0.2, 0) is 0 Å². The number of carboxylic acids is 1. The lowest BCUT2D eigenvalue weighted by molar-refractivity contribution is 0.0691. The minimum absolute atomic E-state index is 0.0292. The molecule has 1 aromatic heterocycles. The van der Waals surface area contributed by atoms with E-state index in [1.54, 1.807) is 6.07 Å². The number of H-pyrrole nitrogens is 1. The molecule has 9 nitrogen and oxygen atoms in total. The van der Waals surface area contributed by atoms with Crippen molar-refractivity contribution in [3.05, 3.63) is 28.3 Å². The molecule has 9 heteroatoms. The average Bonchev–Trinajstić information content (AvgIpc) is 2.94. The molecular weight excluding hydrogens is 292 g/mol. The number of carboxylic acid groups (broad SMARTS) is 1. The normalized spacial score (nSPS) is 10.1. The van der Waals surface area contributed by atoms with Crippen molar-refractivity contribution in [2.45, 2.75) is 0 Å². The number of nitrogens with zero attached hydrogens (tertiary/aromatic N) is 3. The summed E-state index contributed by atoms with van der Waals surface area (Å²) < 4.78 is 16.1. The Kier molecular flexibility index (Phi) is 4.60. The first-order valence-corrected chi connectivity index (χ1v) is 6.27. The molecule has 2 N–H and O–H groups in total. The van der Waals surface area contributed by atoms with Crippen LogP contribution in [0.3, 0.4) is 0 Å². The van der Waals surface area contributed by atoms with Crippen molar-refractivity contribution in [2.24, 2.45) is 5.11 Å². The Labute approximate surface area is 125 Å². The fraction of sp³-hybridized carbons (Fsp3) is 0.308. The molecule has 0 bridgehead atoms. The highest BCUT2D eigenvalue weighted by Gasteiger charge is 2.20. The summed E-state index contributed by atoms with van der Waals surface area (Å²) >= 11 is 0. The number of ether oxygens (including phenoxy) is 3. The number of nitrogens with one attached hydrogen (secondary N) is 1. The molecule has 0 saturated carbocycles. The van der Waals surface area contributed by atoms with Gasteiger partial charge in [-0.15, -0.1) is 0 Å². The summed E-state index contributed by atoms with van der Waals surface area (Å²) in [5, 5.41) is 13.1. The van der Waals surface area contributed by atoms with Gasteiger partial charge in [0, 0.05) is 10.3 Å². The molecule has 116 valence electrons.